The van der Waals surface area contributed by atoms with Crippen molar-refractivity contribution >= 4 is 0 Å². The van der Waals surface area contributed by atoms with E-state index >= 15 is 0 Å². The molecule has 0 spiro atoms. The molecule has 1 nitrogen and oxygen atoms in total. The zero-order valence-corrected chi connectivity index (χ0v) is 15.9. The fraction of sp³-hybridized carbons (Fsp3) is 0.267. The van der Waals surface area contributed by atoms with Gasteiger partial charge in [0.15, 0.2) is 0 Å². The molecule has 0 aromatic heterocycles. The summed E-state index contributed by atoms with van der Waals surface area (Å²) in [5.74, 6) is 0. The molecule has 0 saturated carbocycles. The third kappa shape index (κ3) is 48.9. The summed E-state index contributed by atoms with van der Waals surface area (Å²) in [4.78, 5) is 0. The van der Waals surface area contributed by atoms with Gasteiger partial charge in [0.1, 0.15) is 0 Å². The first kappa shape index (κ1) is 43.5. The molecule has 0 heterocycles. The Labute approximate surface area is 131 Å². The van der Waals surface area contributed by atoms with Gasteiger partial charge in [-0.1, -0.05) is 6.08 Å². The zero-order valence-electron chi connectivity index (χ0n) is 12.3. The van der Waals surface area contributed by atoms with Crippen molar-refractivity contribution in [3.05, 3.63) is 74.1 Å². The van der Waals surface area contributed by atoms with Crippen molar-refractivity contribution in [3.8, 4) is 0 Å². The predicted octanol–water partition coefficient (Wildman–Crippen LogP) is 4.50. The number of hydrogen-bond acceptors (Lipinski definition) is 1. The largest absolute Gasteiger partial charge is 0.396 e. The van der Waals surface area contributed by atoms with Crippen molar-refractivity contribution in [1.82, 2.24) is 0 Å². The van der Waals surface area contributed by atoms with Gasteiger partial charge in [0, 0.05) is 32.5 Å². The quantitative estimate of drug-likeness (QED) is 0.318. The molecule has 0 saturated heterocycles. The normalized spacial score (nSPS) is 8.06. The van der Waals surface area contributed by atoms with E-state index in [0.29, 0.717) is 0 Å². The Morgan fingerprint density at radius 1 is 1.18 bits per heavy atom. The fourth-order valence-electron chi connectivity index (χ4n) is 0.576. The first-order valence-corrected chi connectivity index (χ1v) is 3.85. The van der Waals surface area contributed by atoms with Crippen LogP contribution in [0.15, 0.2) is 30.9 Å². The summed E-state index contributed by atoms with van der Waals surface area (Å²) in [5.41, 5.74) is 0. The minimum atomic E-state index is 0. The monoisotopic (exact) mass is 406 g/mol. The van der Waals surface area contributed by atoms with E-state index in [1.54, 1.807) is 6.08 Å². The van der Waals surface area contributed by atoms with E-state index in [9.17, 15) is 0 Å². The van der Waals surface area contributed by atoms with Crippen molar-refractivity contribution < 1.29 is 30.9 Å². The van der Waals surface area contributed by atoms with Crippen LogP contribution in [0.1, 0.15) is 19.3 Å². The molecule has 1 aliphatic rings. The Bertz CT molecular complexity index is 130. The van der Waals surface area contributed by atoms with Gasteiger partial charge in [-0.3, -0.25) is 6.08 Å². The Kier molecular flexibility index (Phi) is 114. The summed E-state index contributed by atoms with van der Waals surface area (Å²) in [7, 11) is 0. The second kappa shape index (κ2) is 44.4. The molecular formula is C15H30HfO-6. The van der Waals surface area contributed by atoms with E-state index in [2.05, 4.69) is 18.7 Å². The molecule has 0 radical (unpaired) electrons. The van der Waals surface area contributed by atoms with Crippen LogP contribution in [0, 0.1) is 43.2 Å². The Morgan fingerprint density at radius 3 is 1.82 bits per heavy atom. The van der Waals surface area contributed by atoms with Gasteiger partial charge < -0.3 is 42.2 Å². The van der Waals surface area contributed by atoms with Crippen LogP contribution in [-0.2, 0) is 25.8 Å². The minimum Gasteiger partial charge on any atom is -0.396 e. The Balaban J connectivity index is -0.0000000174. The number of aliphatic hydroxyl groups is 1. The molecule has 17 heavy (non-hydrogen) atoms. The van der Waals surface area contributed by atoms with Gasteiger partial charge in [0.05, 0.1) is 0 Å². The number of aliphatic hydroxyl groups excluding tert-OH is 1. The maximum Gasteiger partial charge on any atom is 0.0433 e. The second-order valence-electron chi connectivity index (χ2n) is 2.16. The van der Waals surface area contributed by atoms with Crippen LogP contribution in [0.5, 0.6) is 0 Å². The van der Waals surface area contributed by atoms with Crippen molar-refractivity contribution in [2.45, 2.75) is 19.3 Å². The van der Waals surface area contributed by atoms with Crippen molar-refractivity contribution in [2.24, 2.45) is 0 Å². The summed E-state index contributed by atoms with van der Waals surface area (Å²) < 4.78 is 0. The molecule has 0 unspecified atom stereocenters. The average Bonchev–Trinajstić information content (AvgIpc) is 2.57. The van der Waals surface area contributed by atoms with E-state index < -0.39 is 0 Å². The molecule has 0 aliphatic heterocycles. The van der Waals surface area contributed by atoms with Gasteiger partial charge in [-0.15, -0.1) is 13.0 Å². The van der Waals surface area contributed by atoms with Gasteiger partial charge in [0.25, 0.3) is 0 Å². The minimum absolute atomic E-state index is 0. The fourth-order valence-corrected chi connectivity index (χ4v) is 0.576. The van der Waals surface area contributed by atoms with Crippen LogP contribution in [0.3, 0.4) is 0 Å². The zero-order chi connectivity index (χ0) is 8.36. The van der Waals surface area contributed by atoms with Gasteiger partial charge >= 0.3 is 0 Å². The maximum absolute atomic E-state index is 8.15. The maximum atomic E-state index is 8.15. The molecule has 1 N–H and O–H groups in total. The van der Waals surface area contributed by atoms with E-state index in [1.165, 1.54) is 0 Å². The number of rotatable bonds is 3. The van der Waals surface area contributed by atoms with Gasteiger partial charge in [-0.2, -0.15) is 6.08 Å². The summed E-state index contributed by atoms with van der Waals surface area (Å²) in [6.45, 7) is 3.77. The predicted molar refractivity (Wildman–Crippen MR) is 80.2 cm³/mol. The molecule has 0 fully saturated rings. The molecule has 1 rings (SSSR count). The van der Waals surface area contributed by atoms with Crippen LogP contribution in [0.25, 0.3) is 0 Å². The number of allylic oxidation sites excluding steroid dienone is 5. The van der Waals surface area contributed by atoms with Crippen LogP contribution < -0.4 is 0 Å². The Hall–Kier alpha value is 0.0501. The van der Waals surface area contributed by atoms with Gasteiger partial charge in [-0.05, 0) is 12.8 Å². The van der Waals surface area contributed by atoms with E-state index in [-0.39, 0.29) is 69.6 Å². The molecule has 0 aromatic carbocycles. The number of hydrogen-bond donors (Lipinski definition) is 1. The van der Waals surface area contributed by atoms with Crippen molar-refractivity contribution in [1.29, 1.82) is 0 Å². The SMILES string of the molecule is C=CCCCO.[C-]1=CC=CC1.[CH3-].[CH3-].[CH3-].[CH3-].[CH3-].[Hf]. The second-order valence-corrected chi connectivity index (χ2v) is 2.16. The molecule has 0 amide bonds. The molecule has 0 atom stereocenters. The first-order valence-electron chi connectivity index (χ1n) is 3.85. The standard InChI is InChI=1S/C5H10O.C5H5.5CH3.Hf/c1-2-3-4-5-6;1-2-4-5-3-1;;;;;;/h2,6H,1,3-5H2;1-3H,4H2;5*1H3;/q;6*-1;. The van der Waals surface area contributed by atoms with E-state index in [0.717, 1.165) is 19.3 Å². The molecule has 0 aromatic rings. The third-order valence-electron chi connectivity index (χ3n) is 1.15. The smallest absolute Gasteiger partial charge is 0.0433 e. The molecular weight excluding hydrogens is 375 g/mol. The van der Waals surface area contributed by atoms with Gasteiger partial charge in [0.2, 0.25) is 0 Å². The third-order valence-corrected chi connectivity index (χ3v) is 1.15. The van der Waals surface area contributed by atoms with Crippen molar-refractivity contribution in [3.63, 3.8) is 0 Å². The van der Waals surface area contributed by atoms with Gasteiger partial charge in [-0.25, -0.2) is 12.2 Å². The summed E-state index contributed by atoms with van der Waals surface area (Å²) in [6, 6.07) is 0. The van der Waals surface area contributed by atoms with E-state index in [1.807, 2.05) is 12.2 Å². The van der Waals surface area contributed by atoms with Crippen LogP contribution in [0.2, 0.25) is 0 Å². The molecule has 106 valence electrons. The Morgan fingerprint density at radius 2 is 1.71 bits per heavy atom. The molecule has 1 aliphatic carbocycles. The molecule has 2 heteroatoms. The topological polar surface area (TPSA) is 20.2 Å². The van der Waals surface area contributed by atoms with E-state index in [4.69, 9.17) is 5.11 Å². The summed E-state index contributed by atoms with van der Waals surface area (Å²) in [5, 5.41) is 8.15. The summed E-state index contributed by atoms with van der Waals surface area (Å²) in [6.07, 6.45) is 13.6. The van der Waals surface area contributed by atoms with Crippen LogP contribution in [-0.4, -0.2) is 11.7 Å². The summed E-state index contributed by atoms with van der Waals surface area (Å²) >= 11 is 0. The van der Waals surface area contributed by atoms with Crippen LogP contribution >= 0.6 is 0 Å². The number of unbranched alkanes of at least 4 members (excludes halogenated alkanes) is 1. The van der Waals surface area contributed by atoms with Crippen molar-refractivity contribution in [2.75, 3.05) is 6.61 Å². The average molecular weight is 405 g/mol. The molecule has 0 bridgehead atoms. The van der Waals surface area contributed by atoms with Crippen LogP contribution in [0.4, 0.5) is 0 Å². The first-order chi connectivity index (χ1) is 5.41.